The van der Waals surface area contributed by atoms with Crippen LogP contribution in [0.1, 0.15) is 28.8 Å². The molecule has 0 bridgehead atoms. The lowest BCUT2D eigenvalue weighted by Crippen LogP contribution is -2.25. The summed E-state index contributed by atoms with van der Waals surface area (Å²) in [5.74, 6) is 0.890. The Labute approximate surface area is 137 Å². The number of para-hydroxylation sites is 1. The van der Waals surface area contributed by atoms with Gasteiger partial charge in [-0.3, -0.25) is 4.79 Å². The van der Waals surface area contributed by atoms with E-state index in [4.69, 9.17) is 9.47 Å². The Hall–Kier alpha value is -2.49. The maximum Gasteiger partial charge on any atom is 0.255 e. The summed E-state index contributed by atoms with van der Waals surface area (Å²) >= 11 is 0. The highest BCUT2D eigenvalue weighted by Crippen LogP contribution is 2.30. The van der Waals surface area contributed by atoms with E-state index < -0.39 is 0 Å². The molecule has 0 radical (unpaired) electrons. The zero-order valence-electron chi connectivity index (χ0n) is 13.7. The first kappa shape index (κ1) is 16.9. The van der Waals surface area contributed by atoms with Crippen LogP contribution in [0.2, 0.25) is 0 Å². The zero-order chi connectivity index (χ0) is 16.5. The second kappa shape index (κ2) is 8.83. The molecule has 0 saturated carbocycles. The van der Waals surface area contributed by atoms with Crippen LogP contribution in [0, 0.1) is 0 Å². The van der Waals surface area contributed by atoms with E-state index in [0.717, 1.165) is 19.3 Å². The summed E-state index contributed by atoms with van der Waals surface area (Å²) in [4.78, 5) is 12.3. The Morgan fingerprint density at radius 2 is 1.74 bits per heavy atom. The number of methoxy groups -OCH3 is 2. The molecular weight excluding hydrogens is 290 g/mol. The number of hydrogen-bond acceptors (Lipinski definition) is 3. The van der Waals surface area contributed by atoms with Crippen LogP contribution in [-0.2, 0) is 6.42 Å². The van der Waals surface area contributed by atoms with Crippen LogP contribution in [0.4, 0.5) is 0 Å². The fraction of sp³-hybridized carbons (Fsp3) is 0.316. The van der Waals surface area contributed by atoms with Crippen LogP contribution >= 0.6 is 0 Å². The summed E-state index contributed by atoms with van der Waals surface area (Å²) in [6.07, 6.45) is 3.01. The lowest BCUT2D eigenvalue weighted by atomic mass is 10.1. The SMILES string of the molecule is COc1cccc(C(=O)NCCCCc2ccccc2)c1OC. The Balaban J connectivity index is 1.81. The molecule has 0 saturated heterocycles. The van der Waals surface area contributed by atoms with E-state index >= 15 is 0 Å². The Bertz CT molecular complexity index is 626. The van der Waals surface area contributed by atoms with Gasteiger partial charge in [-0.2, -0.15) is 0 Å². The molecule has 0 aliphatic rings. The molecule has 0 fully saturated rings. The molecule has 0 spiro atoms. The standard InChI is InChI=1S/C19H23NO3/c1-22-17-13-8-12-16(18(17)23-2)19(21)20-14-7-6-11-15-9-4-3-5-10-15/h3-5,8-10,12-13H,6-7,11,14H2,1-2H3,(H,20,21). The molecule has 4 nitrogen and oxygen atoms in total. The third-order valence-corrected chi connectivity index (χ3v) is 3.67. The van der Waals surface area contributed by atoms with Gasteiger partial charge in [-0.05, 0) is 37.0 Å². The van der Waals surface area contributed by atoms with Crippen molar-refractivity contribution in [3.63, 3.8) is 0 Å². The van der Waals surface area contributed by atoms with Gasteiger partial charge in [0.25, 0.3) is 5.91 Å². The van der Waals surface area contributed by atoms with Crippen molar-refractivity contribution in [3.05, 3.63) is 59.7 Å². The molecule has 23 heavy (non-hydrogen) atoms. The van der Waals surface area contributed by atoms with Gasteiger partial charge >= 0.3 is 0 Å². The number of ether oxygens (including phenoxy) is 2. The van der Waals surface area contributed by atoms with Crippen molar-refractivity contribution < 1.29 is 14.3 Å². The quantitative estimate of drug-likeness (QED) is 0.759. The van der Waals surface area contributed by atoms with Gasteiger partial charge in [0.15, 0.2) is 11.5 Å². The zero-order valence-corrected chi connectivity index (χ0v) is 13.7. The molecule has 2 rings (SSSR count). The molecule has 0 aliphatic heterocycles. The van der Waals surface area contributed by atoms with Crippen molar-refractivity contribution in [1.29, 1.82) is 0 Å². The minimum atomic E-state index is -0.138. The second-order valence-electron chi connectivity index (χ2n) is 5.24. The second-order valence-corrected chi connectivity index (χ2v) is 5.24. The summed E-state index contributed by atoms with van der Waals surface area (Å²) in [5.41, 5.74) is 1.82. The minimum Gasteiger partial charge on any atom is -0.493 e. The predicted molar refractivity (Wildman–Crippen MR) is 91.3 cm³/mol. The number of amides is 1. The predicted octanol–water partition coefficient (Wildman–Crippen LogP) is 3.46. The number of hydrogen-bond donors (Lipinski definition) is 1. The molecule has 0 aromatic heterocycles. The molecule has 0 unspecified atom stereocenters. The summed E-state index contributed by atoms with van der Waals surface area (Å²) < 4.78 is 10.5. The summed E-state index contributed by atoms with van der Waals surface area (Å²) in [5, 5.41) is 2.94. The number of carbonyl (C=O) groups is 1. The van der Waals surface area contributed by atoms with Crippen LogP contribution in [0.25, 0.3) is 0 Å². The Kier molecular flexibility index (Phi) is 6.48. The van der Waals surface area contributed by atoms with Crippen molar-refractivity contribution in [2.75, 3.05) is 20.8 Å². The smallest absolute Gasteiger partial charge is 0.255 e. The summed E-state index contributed by atoms with van der Waals surface area (Å²) in [6, 6.07) is 15.7. The van der Waals surface area contributed by atoms with Crippen LogP contribution < -0.4 is 14.8 Å². The van der Waals surface area contributed by atoms with E-state index in [2.05, 4.69) is 17.4 Å². The minimum absolute atomic E-state index is 0.138. The monoisotopic (exact) mass is 313 g/mol. The number of benzene rings is 2. The van der Waals surface area contributed by atoms with E-state index in [9.17, 15) is 4.79 Å². The molecule has 2 aromatic rings. The third-order valence-electron chi connectivity index (χ3n) is 3.67. The number of unbranched alkanes of at least 4 members (excludes halogenated alkanes) is 1. The highest BCUT2D eigenvalue weighted by atomic mass is 16.5. The fourth-order valence-corrected chi connectivity index (χ4v) is 2.46. The van der Waals surface area contributed by atoms with Gasteiger partial charge in [0.05, 0.1) is 19.8 Å². The molecule has 0 heterocycles. The van der Waals surface area contributed by atoms with Crippen LogP contribution in [0.5, 0.6) is 11.5 Å². The average Bonchev–Trinajstić information content (AvgIpc) is 2.61. The average molecular weight is 313 g/mol. The van der Waals surface area contributed by atoms with Crippen molar-refractivity contribution in [2.45, 2.75) is 19.3 Å². The van der Waals surface area contributed by atoms with Crippen molar-refractivity contribution in [2.24, 2.45) is 0 Å². The molecule has 0 aliphatic carbocycles. The van der Waals surface area contributed by atoms with Crippen LogP contribution in [0.15, 0.2) is 48.5 Å². The summed E-state index contributed by atoms with van der Waals surface area (Å²) in [7, 11) is 3.09. The van der Waals surface area contributed by atoms with Crippen molar-refractivity contribution in [1.82, 2.24) is 5.32 Å². The Morgan fingerprint density at radius 3 is 2.43 bits per heavy atom. The molecule has 122 valence electrons. The van der Waals surface area contributed by atoms with E-state index in [1.165, 1.54) is 12.7 Å². The van der Waals surface area contributed by atoms with Crippen molar-refractivity contribution in [3.8, 4) is 11.5 Å². The van der Waals surface area contributed by atoms with E-state index in [1.54, 1.807) is 25.3 Å². The topological polar surface area (TPSA) is 47.6 Å². The first-order chi connectivity index (χ1) is 11.3. The number of rotatable bonds is 8. The highest BCUT2D eigenvalue weighted by Gasteiger charge is 2.15. The van der Waals surface area contributed by atoms with Gasteiger partial charge in [0.2, 0.25) is 0 Å². The van der Waals surface area contributed by atoms with Gasteiger partial charge in [0, 0.05) is 6.54 Å². The molecule has 2 aromatic carbocycles. The normalized spacial score (nSPS) is 10.2. The lowest BCUT2D eigenvalue weighted by Gasteiger charge is -2.12. The van der Waals surface area contributed by atoms with E-state index in [1.807, 2.05) is 18.2 Å². The maximum atomic E-state index is 12.3. The van der Waals surface area contributed by atoms with Crippen LogP contribution in [0.3, 0.4) is 0 Å². The van der Waals surface area contributed by atoms with Gasteiger partial charge in [-0.15, -0.1) is 0 Å². The van der Waals surface area contributed by atoms with Crippen molar-refractivity contribution >= 4 is 5.91 Å². The summed E-state index contributed by atoms with van der Waals surface area (Å²) in [6.45, 7) is 0.645. The van der Waals surface area contributed by atoms with Crippen LogP contribution in [-0.4, -0.2) is 26.7 Å². The molecule has 1 amide bonds. The maximum absolute atomic E-state index is 12.3. The van der Waals surface area contributed by atoms with Gasteiger partial charge in [0.1, 0.15) is 0 Å². The first-order valence-corrected chi connectivity index (χ1v) is 7.79. The molecule has 1 N–H and O–H groups in total. The largest absolute Gasteiger partial charge is 0.493 e. The van der Waals surface area contributed by atoms with E-state index in [0.29, 0.717) is 23.6 Å². The highest BCUT2D eigenvalue weighted by molar-refractivity contribution is 5.97. The fourth-order valence-electron chi connectivity index (χ4n) is 2.46. The van der Waals surface area contributed by atoms with E-state index in [-0.39, 0.29) is 5.91 Å². The molecule has 0 atom stereocenters. The molecular formula is C19H23NO3. The third kappa shape index (κ3) is 4.74. The Morgan fingerprint density at radius 1 is 0.957 bits per heavy atom. The van der Waals surface area contributed by atoms with Gasteiger partial charge in [-0.25, -0.2) is 0 Å². The number of nitrogens with one attached hydrogen (secondary N) is 1. The van der Waals surface area contributed by atoms with Gasteiger partial charge < -0.3 is 14.8 Å². The number of carbonyl (C=O) groups excluding carboxylic acids is 1. The number of aryl methyl sites for hydroxylation is 1. The lowest BCUT2D eigenvalue weighted by molar-refractivity contribution is 0.0949. The first-order valence-electron chi connectivity index (χ1n) is 7.79. The molecule has 4 heteroatoms. The van der Waals surface area contributed by atoms with Gasteiger partial charge in [-0.1, -0.05) is 36.4 Å².